The van der Waals surface area contributed by atoms with Crippen molar-refractivity contribution in [2.24, 2.45) is 0 Å². The molecule has 14 aromatic rings. The molecule has 0 nitrogen and oxygen atoms in total. The van der Waals surface area contributed by atoms with Gasteiger partial charge in [0, 0.05) is 0 Å². The van der Waals surface area contributed by atoms with Crippen LogP contribution >= 0.6 is 0 Å². The summed E-state index contributed by atoms with van der Waals surface area (Å²) in [6, 6.07) is 107. The predicted octanol–water partition coefficient (Wildman–Crippen LogP) is 20.8. The van der Waals surface area contributed by atoms with Crippen molar-refractivity contribution in [3.63, 3.8) is 0 Å². The quantitative estimate of drug-likeness (QED) is 0.133. The van der Waals surface area contributed by atoms with Crippen LogP contribution < -0.4 is 0 Å². The van der Waals surface area contributed by atoms with E-state index in [-0.39, 0.29) is 0 Å². The Morgan fingerprint density at radius 2 is 0.257 bits per heavy atom. The molecule has 0 N–H and O–H groups in total. The van der Waals surface area contributed by atoms with Gasteiger partial charge < -0.3 is 0 Å². The highest BCUT2D eigenvalue weighted by Gasteiger charge is 2.19. The van der Waals surface area contributed by atoms with Crippen LogP contribution in [0.5, 0.6) is 0 Å². The van der Waals surface area contributed by atoms with Crippen molar-refractivity contribution in [1.82, 2.24) is 0 Å². The van der Waals surface area contributed by atoms with E-state index in [1.54, 1.807) is 0 Å². The van der Waals surface area contributed by atoms with Gasteiger partial charge >= 0.3 is 0 Å². The van der Waals surface area contributed by atoms with Crippen LogP contribution in [0.2, 0.25) is 0 Å². The number of hydrogen-bond donors (Lipinski definition) is 0. The molecule has 0 radical (unpaired) electrons. The van der Waals surface area contributed by atoms with Gasteiger partial charge in [0.1, 0.15) is 0 Å². The molecule has 0 aliphatic heterocycles. The second-order valence-corrected chi connectivity index (χ2v) is 19.6. The van der Waals surface area contributed by atoms with Crippen molar-refractivity contribution >= 4 is 53.9 Å². The topological polar surface area (TPSA) is 0 Å². The number of fused-ring (bicyclic) bond motifs is 11. The van der Waals surface area contributed by atoms with E-state index in [0.29, 0.717) is 0 Å². The highest BCUT2D eigenvalue weighted by atomic mass is 14.2. The van der Waals surface area contributed by atoms with Crippen LogP contribution in [0.4, 0.5) is 0 Å². The highest BCUT2D eigenvalue weighted by Crippen LogP contribution is 2.47. The standard InChI is InChI=1S/C74H48/c1-5-13-49(14-6-1)53-21-29-57(30-22-53)61-37-41-65-69(45-61)70-46-62(58-31-23-54(24-32-58)50-15-7-2-8-16-50)38-42-66(70)74-68-44-40-64(60-35-27-56(28-36-60)52-19-11-4-12-20-52)48-72(68)71-47-63(39-43-67(71)73(65)74)59-33-25-55(26-34-59)51-17-9-3-10-18-51/h1-48H. The summed E-state index contributed by atoms with van der Waals surface area (Å²) < 4.78 is 0. The van der Waals surface area contributed by atoms with E-state index in [4.69, 9.17) is 0 Å². The first kappa shape index (κ1) is 43.2. The zero-order valence-corrected chi connectivity index (χ0v) is 40.7. The minimum absolute atomic E-state index is 1.20. The Hall–Kier alpha value is -9.62. The van der Waals surface area contributed by atoms with Crippen LogP contribution in [0.3, 0.4) is 0 Å². The first-order chi connectivity index (χ1) is 36.7. The van der Waals surface area contributed by atoms with Crippen molar-refractivity contribution in [2.45, 2.75) is 0 Å². The van der Waals surface area contributed by atoms with Crippen molar-refractivity contribution in [3.8, 4) is 89.0 Å². The van der Waals surface area contributed by atoms with E-state index in [1.807, 2.05) is 0 Å². The van der Waals surface area contributed by atoms with Gasteiger partial charge in [-0.05, 0) is 167 Å². The lowest BCUT2D eigenvalue weighted by atomic mass is 9.84. The second kappa shape index (κ2) is 18.2. The van der Waals surface area contributed by atoms with Gasteiger partial charge in [-0.3, -0.25) is 0 Å². The fourth-order valence-electron chi connectivity index (χ4n) is 11.4. The van der Waals surface area contributed by atoms with Crippen LogP contribution in [0.25, 0.3) is 143 Å². The van der Waals surface area contributed by atoms with Gasteiger partial charge in [0.05, 0.1) is 0 Å². The smallest absolute Gasteiger partial charge is 0.00139 e. The number of benzene rings is 14. The SMILES string of the molecule is c1ccc(-c2ccc(-c3ccc4c(c3)c3cc(-c5ccc(-c6ccccc6)cc5)ccc3c3c5ccc(-c6ccc(-c7ccccc7)cc6)cc5c5cc(-c6ccc(-c7ccccc7)cc6)ccc5c43)cc2)cc1. The van der Waals surface area contributed by atoms with Gasteiger partial charge in [0.25, 0.3) is 0 Å². The Bertz CT molecular complexity index is 3800. The summed E-state index contributed by atoms with van der Waals surface area (Å²) in [6.45, 7) is 0. The average molecular weight is 937 g/mol. The maximum absolute atomic E-state index is 2.44. The Balaban J connectivity index is 1.00. The molecule has 0 aliphatic rings. The second-order valence-electron chi connectivity index (χ2n) is 19.6. The van der Waals surface area contributed by atoms with E-state index < -0.39 is 0 Å². The van der Waals surface area contributed by atoms with Crippen molar-refractivity contribution in [3.05, 3.63) is 291 Å². The highest BCUT2D eigenvalue weighted by molar-refractivity contribution is 6.40. The van der Waals surface area contributed by atoms with Crippen LogP contribution in [0, 0.1) is 0 Å². The fraction of sp³-hybridized carbons (Fsp3) is 0. The largest absolute Gasteiger partial charge is 0.0622 e. The lowest BCUT2D eigenvalue weighted by Crippen LogP contribution is -1.91. The maximum Gasteiger partial charge on any atom is -0.00139 e. The van der Waals surface area contributed by atoms with E-state index in [1.165, 1.54) is 143 Å². The summed E-state index contributed by atoms with van der Waals surface area (Å²) in [6.07, 6.45) is 0. The van der Waals surface area contributed by atoms with Gasteiger partial charge in [0.2, 0.25) is 0 Å². The van der Waals surface area contributed by atoms with E-state index in [0.717, 1.165) is 0 Å². The Morgan fingerprint density at radius 1 is 0.108 bits per heavy atom. The third-order valence-corrected chi connectivity index (χ3v) is 15.3. The molecule has 0 fully saturated rings. The summed E-state index contributed by atoms with van der Waals surface area (Å²) in [7, 11) is 0. The van der Waals surface area contributed by atoms with Crippen molar-refractivity contribution in [2.75, 3.05) is 0 Å². The summed E-state index contributed by atoms with van der Waals surface area (Å²) in [5, 5.41) is 12.6. The van der Waals surface area contributed by atoms with Crippen molar-refractivity contribution in [1.29, 1.82) is 0 Å². The zero-order chi connectivity index (χ0) is 49.0. The van der Waals surface area contributed by atoms with Gasteiger partial charge in [-0.25, -0.2) is 0 Å². The molecule has 0 heterocycles. The molecule has 0 unspecified atom stereocenters. The zero-order valence-electron chi connectivity index (χ0n) is 40.7. The van der Waals surface area contributed by atoms with Crippen LogP contribution in [0.1, 0.15) is 0 Å². The molecule has 0 aliphatic carbocycles. The third kappa shape index (κ3) is 7.73. The number of rotatable bonds is 8. The Labute approximate surface area is 431 Å². The van der Waals surface area contributed by atoms with Gasteiger partial charge in [0.15, 0.2) is 0 Å². The summed E-state index contributed by atoms with van der Waals surface area (Å²) in [5.41, 5.74) is 19.3. The molecule has 14 aromatic carbocycles. The number of hydrogen-bond acceptors (Lipinski definition) is 0. The monoisotopic (exact) mass is 936 g/mol. The molecule has 0 heteroatoms. The molecule has 0 bridgehead atoms. The summed E-state index contributed by atoms with van der Waals surface area (Å²) in [5.74, 6) is 0. The van der Waals surface area contributed by atoms with Crippen LogP contribution in [-0.4, -0.2) is 0 Å². The average Bonchev–Trinajstić information content (AvgIpc) is 3.49. The third-order valence-electron chi connectivity index (χ3n) is 15.3. The van der Waals surface area contributed by atoms with E-state index in [9.17, 15) is 0 Å². The van der Waals surface area contributed by atoms with Gasteiger partial charge in [-0.1, -0.05) is 267 Å². The molecule has 74 heavy (non-hydrogen) atoms. The predicted molar refractivity (Wildman–Crippen MR) is 317 cm³/mol. The normalized spacial score (nSPS) is 11.5. The molecule has 0 amide bonds. The summed E-state index contributed by atoms with van der Waals surface area (Å²) >= 11 is 0. The first-order valence-electron chi connectivity index (χ1n) is 25.6. The Morgan fingerprint density at radius 3 is 0.446 bits per heavy atom. The van der Waals surface area contributed by atoms with Crippen LogP contribution in [0.15, 0.2) is 291 Å². The molecular formula is C74H48. The molecule has 0 saturated carbocycles. The molecule has 0 aromatic heterocycles. The molecule has 0 saturated heterocycles. The van der Waals surface area contributed by atoms with Crippen molar-refractivity contribution < 1.29 is 0 Å². The lowest BCUT2D eigenvalue weighted by Gasteiger charge is -2.19. The molecule has 344 valence electrons. The minimum Gasteiger partial charge on any atom is -0.0622 e. The van der Waals surface area contributed by atoms with E-state index >= 15 is 0 Å². The molecule has 14 rings (SSSR count). The van der Waals surface area contributed by atoms with Gasteiger partial charge in [-0.15, -0.1) is 0 Å². The Kier molecular flexibility index (Phi) is 10.6. The van der Waals surface area contributed by atoms with Crippen LogP contribution in [-0.2, 0) is 0 Å². The van der Waals surface area contributed by atoms with Gasteiger partial charge in [-0.2, -0.15) is 0 Å². The first-order valence-corrected chi connectivity index (χ1v) is 25.6. The minimum atomic E-state index is 1.20. The van der Waals surface area contributed by atoms with E-state index in [2.05, 4.69) is 291 Å². The molecule has 0 atom stereocenters. The maximum atomic E-state index is 2.44. The fourth-order valence-corrected chi connectivity index (χ4v) is 11.4. The lowest BCUT2D eigenvalue weighted by molar-refractivity contribution is 1.60. The molecule has 0 spiro atoms. The molecular weight excluding hydrogens is 889 g/mol. The summed E-state index contributed by atoms with van der Waals surface area (Å²) in [4.78, 5) is 0.